The highest BCUT2D eigenvalue weighted by Crippen LogP contribution is 2.18. The molecule has 170 valence electrons. The molecule has 1 aliphatic heterocycles. The van der Waals surface area contributed by atoms with Gasteiger partial charge in [-0.3, -0.25) is 19.2 Å². The zero-order valence-corrected chi connectivity index (χ0v) is 17.2. The topological polar surface area (TPSA) is 205 Å². The number of hydrogen-bond donors (Lipinski definition) is 6. The lowest BCUT2D eigenvalue weighted by Crippen LogP contribution is -2.58. The van der Waals surface area contributed by atoms with E-state index in [4.69, 9.17) is 11.5 Å². The van der Waals surface area contributed by atoms with E-state index < -0.39 is 66.8 Å². The first kappa shape index (κ1) is 25.3. The molecule has 0 bridgehead atoms. The number of nitrogens with two attached hydrogens (primary N) is 2. The number of nitrogens with zero attached hydrogens (tertiary/aromatic N) is 1. The molecular formula is C18H31N5O7. The molecule has 1 heterocycles. The normalized spacial score (nSPS) is 19.1. The molecule has 4 atom stereocenters. The van der Waals surface area contributed by atoms with Crippen LogP contribution in [0.4, 0.5) is 0 Å². The molecule has 4 amide bonds. The summed E-state index contributed by atoms with van der Waals surface area (Å²) in [6, 6.07) is -4.79. The van der Waals surface area contributed by atoms with E-state index in [1.807, 2.05) is 13.8 Å². The number of carbonyl (C=O) groups is 5. The number of carboxylic acids is 1. The Kier molecular flexibility index (Phi) is 9.66. The van der Waals surface area contributed by atoms with Crippen LogP contribution < -0.4 is 22.1 Å². The first-order valence-corrected chi connectivity index (χ1v) is 9.76. The first-order valence-electron chi connectivity index (χ1n) is 9.76. The number of amides is 4. The van der Waals surface area contributed by atoms with Crippen molar-refractivity contribution >= 4 is 29.6 Å². The molecule has 0 aliphatic carbocycles. The number of carbonyl (C=O) groups excluding carboxylic acids is 4. The molecule has 0 radical (unpaired) electrons. The van der Waals surface area contributed by atoms with Crippen LogP contribution in [0, 0.1) is 5.92 Å². The predicted molar refractivity (Wildman–Crippen MR) is 105 cm³/mol. The molecule has 0 aromatic carbocycles. The summed E-state index contributed by atoms with van der Waals surface area (Å²) in [7, 11) is 0. The summed E-state index contributed by atoms with van der Waals surface area (Å²) in [5.41, 5.74) is 10.9. The lowest BCUT2D eigenvalue weighted by Gasteiger charge is -2.27. The third-order valence-electron chi connectivity index (χ3n) is 4.72. The van der Waals surface area contributed by atoms with E-state index in [2.05, 4.69) is 10.6 Å². The van der Waals surface area contributed by atoms with Gasteiger partial charge in [0, 0.05) is 6.54 Å². The molecular weight excluding hydrogens is 398 g/mol. The fourth-order valence-electron chi connectivity index (χ4n) is 3.25. The van der Waals surface area contributed by atoms with Crippen molar-refractivity contribution in [2.24, 2.45) is 17.4 Å². The monoisotopic (exact) mass is 429 g/mol. The zero-order chi connectivity index (χ0) is 23.0. The van der Waals surface area contributed by atoms with Crippen LogP contribution in [-0.4, -0.2) is 82.0 Å². The number of carboxylic acid groups (broad SMARTS) is 1. The van der Waals surface area contributed by atoms with Gasteiger partial charge in [0.1, 0.15) is 18.1 Å². The SMILES string of the molecule is CC(C)CC(N)C(=O)NC(CC(N)=O)C(=O)NC(CO)C(=O)N1CCCC1C(=O)O. The minimum absolute atomic E-state index is 0.119. The van der Waals surface area contributed by atoms with Crippen molar-refractivity contribution < 1.29 is 34.2 Å². The maximum Gasteiger partial charge on any atom is 0.326 e. The van der Waals surface area contributed by atoms with E-state index in [0.717, 1.165) is 4.90 Å². The molecule has 0 saturated carbocycles. The number of nitrogens with one attached hydrogen (secondary N) is 2. The largest absolute Gasteiger partial charge is 0.480 e. The van der Waals surface area contributed by atoms with Crippen molar-refractivity contribution in [3.63, 3.8) is 0 Å². The van der Waals surface area contributed by atoms with Gasteiger partial charge in [0.05, 0.1) is 19.1 Å². The summed E-state index contributed by atoms with van der Waals surface area (Å²) in [4.78, 5) is 61.1. The highest BCUT2D eigenvalue weighted by atomic mass is 16.4. The number of aliphatic hydroxyl groups is 1. The van der Waals surface area contributed by atoms with E-state index in [1.54, 1.807) is 0 Å². The van der Waals surface area contributed by atoms with Crippen molar-refractivity contribution in [2.75, 3.05) is 13.2 Å². The summed E-state index contributed by atoms with van der Waals surface area (Å²) in [6.45, 7) is 3.10. The number of hydrogen-bond acceptors (Lipinski definition) is 7. The second-order valence-electron chi connectivity index (χ2n) is 7.74. The highest BCUT2D eigenvalue weighted by Gasteiger charge is 2.38. The van der Waals surface area contributed by atoms with Gasteiger partial charge in [-0.1, -0.05) is 13.8 Å². The molecule has 1 rings (SSSR count). The average molecular weight is 429 g/mol. The van der Waals surface area contributed by atoms with E-state index in [0.29, 0.717) is 12.8 Å². The lowest BCUT2D eigenvalue weighted by atomic mass is 10.0. The van der Waals surface area contributed by atoms with E-state index >= 15 is 0 Å². The van der Waals surface area contributed by atoms with Crippen LogP contribution in [0.2, 0.25) is 0 Å². The maximum atomic E-state index is 12.6. The van der Waals surface area contributed by atoms with Crippen LogP contribution in [0.25, 0.3) is 0 Å². The van der Waals surface area contributed by atoms with Gasteiger partial charge in [-0.15, -0.1) is 0 Å². The van der Waals surface area contributed by atoms with Gasteiger partial charge in [-0.05, 0) is 25.2 Å². The van der Waals surface area contributed by atoms with E-state index in [9.17, 15) is 34.2 Å². The Morgan fingerprint density at radius 2 is 1.70 bits per heavy atom. The third kappa shape index (κ3) is 7.26. The van der Waals surface area contributed by atoms with Gasteiger partial charge >= 0.3 is 5.97 Å². The molecule has 0 spiro atoms. The minimum atomic E-state index is -1.44. The third-order valence-corrected chi connectivity index (χ3v) is 4.72. The molecule has 1 fully saturated rings. The summed E-state index contributed by atoms with van der Waals surface area (Å²) >= 11 is 0. The van der Waals surface area contributed by atoms with E-state index in [1.165, 1.54) is 0 Å². The lowest BCUT2D eigenvalue weighted by molar-refractivity contribution is -0.150. The molecule has 30 heavy (non-hydrogen) atoms. The Morgan fingerprint density at radius 1 is 1.10 bits per heavy atom. The zero-order valence-electron chi connectivity index (χ0n) is 17.2. The van der Waals surface area contributed by atoms with Crippen LogP contribution in [0.5, 0.6) is 0 Å². The summed E-state index contributed by atoms with van der Waals surface area (Å²) in [5.74, 6) is -4.28. The number of rotatable bonds is 11. The second-order valence-corrected chi connectivity index (χ2v) is 7.74. The van der Waals surface area contributed by atoms with Gasteiger partial charge in [0.25, 0.3) is 0 Å². The number of aliphatic carboxylic acids is 1. The molecule has 1 saturated heterocycles. The van der Waals surface area contributed by atoms with Crippen LogP contribution in [0.15, 0.2) is 0 Å². The summed E-state index contributed by atoms with van der Waals surface area (Å²) in [5, 5.41) is 23.4. The van der Waals surface area contributed by atoms with Gasteiger partial charge in [-0.2, -0.15) is 0 Å². The Hall–Kier alpha value is -2.73. The minimum Gasteiger partial charge on any atom is -0.480 e. The summed E-state index contributed by atoms with van der Waals surface area (Å²) in [6.07, 6.45) is 0.546. The standard InChI is InChI=1S/C18H31N5O7/c1-9(2)6-10(19)15(26)21-11(7-14(20)25)16(27)22-12(8-24)17(28)23-5-3-4-13(23)18(29)30/h9-13,24H,3-8,19H2,1-2H3,(H2,20,25)(H,21,26)(H,22,27)(H,29,30). The van der Waals surface area contributed by atoms with Crippen molar-refractivity contribution in [2.45, 2.75) is 63.7 Å². The van der Waals surface area contributed by atoms with Gasteiger partial charge in [0.2, 0.25) is 23.6 Å². The molecule has 12 heteroatoms. The van der Waals surface area contributed by atoms with Crippen molar-refractivity contribution in [3.8, 4) is 0 Å². The van der Waals surface area contributed by atoms with Crippen LogP contribution in [0.1, 0.15) is 39.5 Å². The number of primary amides is 1. The van der Waals surface area contributed by atoms with Crippen molar-refractivity contribution in [1.82, 2.24) is 15.5 Å². The smallest absolute Gasteiger partial charge is 0.326 e. The predicted octanol–water partition coefficient (Wildman–Crippen LogP) is -2.73. The molecule has 12 nitrogen and oxygen atoms in total. The fourth-order valence-corrected chi connectivity index (χ4v) is 3.25. The van der Waals surface area contributed by atoms with Crippen molar-refractivity contribution in [3.05, 3.63) is 0 Å². The Balaban J connectivity index is 2.87. The van der Waals surface area contributed by atoms with E-state index in [-0.39, 0.29) is 18.9 Å². The van der Waals surface area contributed by atoms with Gasteiger partial charge in [0.15, 0.2) is 0 Å². The first-order chi connectivity index (χ1) is 14.0. The van der Waals surface area contributed by atoms with Gasteiger partial charge in [-0.25, -0.2) is 4.79 Å². The summed E-state index contributed by atoms with van der Waals surface area (Å²) < 4.78 is 0. The molecule has 0 aromatic rings. The number of aliphatic hydroxyl groups excluding tert-OH is 1. The molecule has 1 aliphatic rings. The Labute approximate surface area is 174 Å². The molecule has 8 N–H and O–H groups in total. The molecule has 4 unspecified atom stereocenters. The van der Waals surface area contributed by atoms with Crippen LogP contribution >= 0.6 is 0 Å². The van der Waals surface area contributed by atoms with Crippen molar-refractivity contribution in [1.29, 1.82) is 0 Å². The highest BCUT2D eigenvalue weighted by molar-refractivity contribution is 5.96. The number of likely N-dealkylation sites (tertiary alicyclic amines) is 1. The maximum absolute atomic E-state index is 12.6. The van der Waals surface area contributed by atoms with Crippen LogP contribution in [-0.2, 0) is 24.0 Å². The quantitative estimate of drug-likeness (QED) is 0.203. The molecule has 0 aromatic heterocycles. The average Bonchev–Trinajstić information content (AvgIpc) is 3.13. The second kappa shape index (κ2) is 11.5. The Morgan fingerprint density at radius 3 is 2.20 bits per heavy atom. The Bertz CT molecular complexity index is 669. The van der Waals surface area contributed by atoms with Crippen LogP contribution in [0.3, 0.4) is 0 Å². The fraction of sp³-hybridized carbons (Fsp3) is 0.722. The van der Waals surface area contributed by atoms with Gasteiger partial charge < -0.3 is 37.2 Å².